The summed E-state index contributed by atoms with van der Waals surface area (Å²) in [7, 11) is 0. The van der Waals surface area contributed by atoms with Gasteiger partial charge in [-0.2, -0.15) is 0 Å². The number of hydrogen-bond donors (Lipinski definition) is 3. The molecule has 3 N–H and O–H groups in total. The van der Waals surface area contributed by atoms with Crippen LogP contribution in [0.5, 0.6) is 0 Å². The summed E-state index contributed by atoms with van der Waals surface area (Å²) in [5, 5.41) is 25.0. The lowest BCUT2D eigenvalue weighted by Crippen LogP contribution is -2.40. The van der Waals surface area contributed by atoms with Crippen LogP contribution in [0.15, 0.2) is 24.3 Å². The van der Waals surface area contributed by atoms with E-state index in [-0.39, 0.29) is 30.3 Å². The first-order chi connectivity index (χ1) is 9.85. The van der Waals surface area contributed by atoms with Gasteiger partial charge in [-0.3, -0.25) is 10.1 Å². The number of aliphatic hydroxyl groups excluding tert-OH is 1. The molecular formula is C14H21N3O4. The zero-order valence-corrected chi connectivity index (χ0v) is 12.3. The number of nitro benzene ring substituents is 1. The number of benzene rings is 1. The molecule has 21 heavy (non-hydrogen) atoms. The Labute approximate surface area is 123 Å². The van der Waals surface area contributed by atoms with Crippen molar-refractivity contribution in [3.8, 4) is 0 Å². The molecule has 0 aromatic heterocycles. The zero-order chi connectivity index (χ0) is 15.9. The number of carbonyl (C=O) groups is 1. The number of aliphatic hydroxyl groups is 1. The van der Waals surface area contributed by atoms with E-state index in [1.807, 2.05) is 13.8 Å². The third-order valence-corrected chi connectivity index (χ3v) is 3.14. The molecule has 0 aliphatic carbocycles. The lowest BCUT2D eigenvalue weighted by molar-refractivity contribution is -0.385. The Hall–Kier alpha value is -2.15. The largest absolute Gasteiger partial charge is 0.396 e. The van der Waals surface area contributed by atoms with Gasteiger partial charge in [0, 0.05) is 24.8 Å². The Kier molecular flexibility index (Phi) is 6.10. The first-order valence-corrected chi connectivity index (χ1v) is 6.70. The first-order valence-electron chi connectivity index (χ1n) is 6.70. The lowest BCUT2D eigenvalue weighted by atomic mass is 9.90. The number of hydrogen-bond acceptors (Lipinski definition) is 4. The Morgan fingerprint density at radius 3 is 2.62 bits per heavy atom. The van der Waals surface area contributed by atoms with Gasteiger partial charge in [0.25, 0.3) is 5.69 Å². The number of nitro groups is 1. The van der Waals surface area contributed by atoms with Gasteiger partial charge in [0.2, 0.25) is 0 Å². The molecule has 1 aromatic rings. The Balaban J connectivity index is 2.49. The number of para-hydroxylation sites is 1. The number of amides is 2. The van der Waals surface area contributed by atoms with E-state index < -0.39 is 4.92 Å². The van der Waals surface area contributed by atoms with Gasteiger partial charge in [-0.05, 0) is 11.8 Å². The van der Waals surface area contributed by atoms with E-state index in [4.69, 9.17) is 5.11 Å². The van der Waals surface area contributed by atoms with Crippen LogP contribution in [0.2, 0.25) is 0 Å². The average Bonchev–Trinajstić information content (AvgIpc) is 2.43. The second-order valence-electron chi connectivity index (χ2n) is 5.56. The van der Waals surface area contributed by atoms with Gasteiger partial charge in [-0.1, -0.05) is 32.0 Å². The van der Waals surface area contributed by atoms with E-state index >= 15 is 0 Å². The minimum atomic E-state index is -0.473. The van der Waals surface area contributed by atoms with Crippen molar-refractivity contribution >= 4 is 11.7 Å². The second kappa shape index (κ2) is 7.58. The molecule has 0 aliphatic heterocycles. The Morgan fingerprint density at radius 2 is 2.00 bits per heavy atom. The summed E-state index contributed by atoms with van der Waals surface area (Å²) in [6, 6.07) is 5.89. The lowest BCUT2D eigenvalue weighted by Gasteiger charge is -2.23. The third-order valence-electron chi connectivity index (χ3n) is 3.14. The third kappa shape index (κ3) is 5.78. The van der Waals surface area contributed by atoms with Crippen molar-refractivity contribution < 1.29 is 14.8 Å². The first kappa shape index (κ1) is 16.9. The molecule has 0 radical (unpaired) electrons. The van der Waals surface area contributed by atoms with Gasteiger partial charge in [-0.25, -0.2) is 4.79 Å². The highest BCUT2D eigenvalue weighted by Crippen LogP contribution is 2.18. The maximum atomic E-state index is 11.7. The highest BCUT2D eigenvalue weighted by molar-refractivity contribution is 5.74. The molecule has 2 amide bonds. The van der Waals surface area contributed by atoms with E-state index in [2.05, 4.69) is 10.6 Å². The van der Waals surface area contributed by atoms with Crippen molar-refractivity contribution in [1.82, 2.24) is 10.6 Å². The molecule has 0 fully saturated rings. The molecule has 0 spiro atoms. The molecule has 0 heterocycles. The van der Waals surface area contributed by atoms with Gasteiger partial charge >= 0.3 is 6.03 Å². The summed E-state index contributed by atoms with van der Waals surface area (Å²) in [6.07, 6.45) is 0.581. The van der Waals surface area contributed by atoms with Crippen LogP contribution in [0.1, 0.15) is 25.8 Å². The van der Waals surface area contributed by atoms with Gasteiger partial charge < -0.3 is 15.7 Å². The Morgan fingerprint density at radius 1 is 1.33 bits per heavy atom. The molecule has 7 nitrogen and oxygen atoms in total. The van der Waals surface area contributed by atoms with E-state index in [0.717, 1.165) is 0 Å². The predicted octanol–water partition coefficient (Wildman–Crippen LogP) is 1.80. The van der Waals surface area contributed by atoms with Gasteiger partial charge in [0.05, 0.1) is 11.5 Å². The van der Waals surface area contributed by atoms with Gasteiger partial charge in [0.1, 0.15) is 0 Å². The van der Waals surface area contributed by atoms with Crippen molar-refractivity contribution in [2.45, 2.75) is 26.8 Å². The molecule has 7 heteroatoms. The molecule has 0 saturated carbocycles. The van der Waals surface area contributed by atoms with Crippen LogP contribution < -0.4 is 10.6 Å². The summed E-state index contributed by atoms with van der Waals surface area (Å²) in [5.74, 6) is 0. The van der Waals surface area contributed by atoms with E-state index in [1.165, 1.54) is 6.07 Å². The fraction of sp³-hybridized carbons (Fsp3) is 0.500. The average molecular weight is 295 g/mol. The molecule has 116 valence electrons. The number of carbonyl (C=O) groups excluding carboxylic acids is 1. The van der Waals surface area contributed by atoms with Crippen LogP contribution in [-0.2, 0) is 6.54 Å². The molecule has 1 aromatic carbocycles. The minimum Gasteiger partial charge on any atom is -0.396 e. The predicted molar refractivity (Wildman–Crippen MR) is 78.8 cm³/mol. The zero-order valence-electron chi connectivity index (χ0n) is 12.3. The number of urea groups is 1. The quantitative estimate of drug-likeness (QED) is 0.527. The van der Waals surface area contributed by atoms with Crippen LogP contribution in [0.4, 0.5) is 10.5 Å². The van der Waals surface area contributed by atoms with Crippen molar-refractivity contribution in [3.63, 3.8) is 0 Å². The highest BCUT2D eigenvalue weighted by atomic mass is 16.6. The molecule has 0 bridgehead atoms. The van der Waals surface area contributed by atoms with Crippen molar-refractivity contribution in [2.24, 2.45) is 5.41 Å². The van der Waals surface area contributed by atoms with E-state index in [9.17, 15) is 14.9 Å². The minimum absolute atomic E-state index is 0.0154. The van der Waals surface area contributed by atoms with Gasteiger partial charge in [0.15, 0.2) is 0 Å². The monoisotopic (exact) mass is 295 g/mol. The summed E-state index contributed by atoms with van der Waals surface area (Å²) >= 11 is 0. The van der Waals surface area contributed by atoms with Crippen LogP contribution in [0.3, 0.4) is 0 Å². The SMILES string of the molecule is CC(C)(CCO)CNC(=O)NCc1ccccc1[N+](=O)[O-]. The topological polar surface area (TPSA) is 104 Å². The summed E-state index contributed by atoms with van der Waals surface area (Å²) in [5.41, 5.74) is 0.232. The molecular weight excluding hydrogens is 274 g/mol. The number of rotatable bonds is 7. The van der Waals surface area contributed by atoms with Crippen LogP contribution in [0.25, 0.3) is 0 Å². The highest BCUT2D eigenvalue weighted by Gasteiger charge is 2.18. The summed E-state index contributed by atoms with van der Waals surface area (Å²) in [4.78, 5) is 22.1. The van der Waals surface area contributed by atoms with Crippen LogP contribution in [-0.4, -0.2) is 29.2 Å². The van der Waals surface area contributed by atoms with E-state index in [1.54, 1.807) is 18.2 Å². The second-order valence-corrected chi connectivity index (χ2v) is 5.56. The van der Waals surface area contributed by atoms with Crippen molar-refractivity contribution in [2.75, 3.05) is 13.2 Å². The number of nitrogens with one attached hydrogen (secondary N) is 2. The molecule has 0 unspecified atom stereocenters. The molecule has 1 rings (SSSR count). The smallest absolute Gasteiger partial charge is 0.315 e. The van der Waals surface area contributed by atoms with Crippen molar-refractivity contribution in [3.05, 3.63) is 39.9 Å². The molecule has 0 atom stereocenters. The normalized spacial score (nSPS) is 11.0. The standard InChI is InChI=1S/C14H21N3O4/c1-14(2,7-8-18)10-16-13(19)15-9-11-5-3-4-6-12(11)17(20)21/h3-6,18H,7-10H2,1-2H3,(H2,15,16,19). The maximum Gasteiger partial charge on any atom is 0.315 e. The summed E-state index contributed by atoms with van der Waals surface area (Å²) < 4.78 is 0. The fourth-order valence-electron chi connectivity index (χ4n) is 1.79. The van der Waals surface area contributed by atoms with Crippen LogP contribution >= 0.6 is 0 Å². The van der Waals surface area contributed by atoms with Crippen LogP contribution in [0, 0.1) is 15.5 Å². The van der Waals surface area contributed by atoms with Crippen molar-refractivity contribution in [1.29, 1.82) is 0 Å². The fourth-order valence-corrected chi connectivity index (χ4v) is 1.79. The molecule has 0 saturated heterocycles. The van der Waals surface area contributed by atoms with E-state index in [0.29, 0.717) is 18.5 Å². The summed E-state index contributed by atoms with van der Waals surface area (Å²) in [6.45, 7) is 4.43. The maximum absolute atomic E-state index is 11.7. The molecule has 0 aliphatic rings. The Bertz CT molecular complexity index is 503. The van der Waals surface area contributed by atoms with Gasteiger partial charge in [-0.15, -0.1) is 0 Å². The number of nitrogens with zero attached hydrogens (tertiary/aromatic N) is 1.